The van der Waals surface area contributed by atoms with Crippen molar-refractivity contribution in [1.82, 2.24) is 20.2 Å². The van der Waals surface area contributed by atoms with E-state index in [0.717, 1.165) is 22.6 Å². The van der Waals surface area contributed by atoms with Gasteiger partial charge in [0.15, 0.2) is 5.69 Å². The van der Waals surface area contributed by atoms with Crippen LogP contribution in [0.15, 0.2) is 18.7 Å². The average molecular weight is 346 g/mol. The second kappa shape index (κ2) is 6.58. The van der Waals surface area contributed by atoms with Gasteiger partial charge in [0.25, 0.3) is 11.8 Å². The van der Waals surface area contributed by atoms with Crippen LogP contribution in [0.25, 0.3) is 6.08 Å². The fourth-order valence-electron chi connectivity index (χ4n) is 2.76. The van der Waals surface area contributed by atoms with Gasteiger partial charge in [0.1, 0.15) is 0 Å². The van der Waals surface area contributed by atoms with Gasteiger partial charge in [0.2, 0.25) is 0 Å². The number of rotatable bonds is 3. The second-order valence-electron chi connectivity index (χ2n) is 5.63. The number of hydrogen-bond acceptors (Lipinski definition) is 5. The number of thiophene rings is 1. The topological polar surface area (TPSA) is 87.5 Å². The molecule has 3 rings (SSSR count). The third kappa shape index (κ3) is 2.98. The highest BCUT2D eigenvalue weighted by Crippen LogP contribution is 2.25. The Morgan fingerprint density at radius 1 is 1.42 bits per heavy atom. The molecule has 2 amide bonds. The van der Waals surface area contributed by atoms with Gasteiger partial charge in [-0.3, -0.25) is 19.5 Å². The van der Waals surface area contributed by atoms with Gasteiger partial charge in [0.05, 0.1) is 17.1 Å². The van der Waals surface area contributed by atoms with Crippen LogP contribution in [-0.2, 0) is 13.1 Å². The zero-order valence-electron chi connectivity index (χ0n) is 13.3. The van der Waals surface area contributed by atoms with Crippen molar-refractivity contribution in [3.8, 4) is 0 Å². The summed E-state index contributed by atoms with van der Waals surface area (Å²) >= 11 is 1.43. The lowest BCUT2D eigenvalue weighted by atomic mass is 10.2. The van der Waals surface area contributed by atoms with Crippen molar-refractivity contribution in [3.05, 3.63) is 45.4 Å². The summed E-state index contributed by atoms with van der Waals surface area (Å²) in [7, 11) is 0. The molecule has 126 valence electrons. The molecule has 0 radical (unpaired) electrons. The third-order valence-electron chi connectivity index (χ3n) is 3.99. The molecule has 1 aliphatic rings. The van der Waals surface area contributed by atoms with Gasteiger partial charge >= 0.3 is 0 Å². The zero-order chi connectivity index (χ0) is 17.3. The van der Waals surface area contributed by atoms with Gasteiger partial charge in [-0.05, 0) is 31.0 Å². The number of nitrogens with one attached hydrogen (secondary N) is 1. The van der Waals surface area contributed by atoms with E-state index in [1.807, 2.05) is 13.0 Å². The first kappa shape index (κ1) is 16.4. The number of fused-ring (bicyclic) bond motifs is 1. The van der Waals surface area contributed by atoms with Crippen LogP contribution in [0.3, 0.4) is 0 Å². The number of hydrogen-bond donors (Lipinski definition) is 2. The highest BCUT2D eigenvalue weighted by Gasteiger charge is 2.24. The van der Waals surface area contributed by atoms with Crippen LogP contribution in [0.4, 0.5) is 0 Å². The average Bonchev–Trinajstić information content (AvgIpc) is 3.10. The predicted molar refractivity (Wildman–Crippen MR) is 90.0 cm³/mol. The fourth-order valence-corrected chi connectivity index (χ4v) is 3.76. The number of hydroxylamine groups is 1. The zero-order valence-corrected chi connectivity index (χ0v) is 14.1. The standard InChI is InChI=1S/C16H18N4O3S/c1-3-13-10(2)7-14(24-13)16(22)19-5-4-6-20-11(9-19)8-12(17-20)15(21)18-23/h3,7-8,23H,1,4-6,9H2,2H3,(H,18,21). The summed E-state index contributed by atoms with van der Waals surface area (Å²) in [4.78, 5) is 27.7. The Kier molecular flexibility index (Phi) is 4.50. The Morgan fingerprint density at radius 3 is 2.88 bits per heavy atom. The van der Waals surface area contributed by atoms with Crippen LogP contribution in [0, 0.1) is 6.92 Å². The molecule has 7 nitrogen and oxygen atoms in total. The lowest BCUT2D eigenvalue weighted by Crippen LogP contribution is -2.30. The first-order chi connectivity index (χ1) is 11.5. The molecule has 2 aromatic heterocycles. The number of amides is 2. The SMILES string of the molecule is C=Cc1sc(C(=O)N2CCCn3nc(C(=O)NO)cc3C2)cc1C. The number of aryl methyl sites for hydroxylation is 2. The third-order valence-corrected chi connectivity index (χ3v) is 5.21. The summed E-state index contributed by atoms with van der Waals surface area (Å²) in [5.41, 5.74) is 3.54. The molecule has 0 aromatic carbocycles. The molecule has 2 N–H and O–H groups in total. The Bertz CT molecular complexity index is 808. The maximum Gasteiger partial charge on any atom is 0.295 e. The van der Waals surface area contributed by atoms with Crippen LogP contribution in [-0.4, -0.2) is 38.2 Å². The normalized spacial score (nSPS) is 14.0. The number of carbonyl (C=O) groups is 2. The van der Waals surface area contributed by atoms with Crippen molar-refractivity contribution in [2.24, 2.45) is 0 Å². The summed E-state index contributed by atoms with van der Waals surface area (Å²) in [5.74, 6) is -0.683. The van der Waals surface area contributed by atoms with E-state index in [0.29, 0.717) is 24.5 Å². The molecular formula is C16H18N4O3S. The quantitative estimate of drug-likeness (QED) is 0.658. The molecule has 0 saturated heterocycles. The van der Waals surface area contributed by atoms with Gasteiger partial charge in [-0.25, -0.2) is 5.48 Å². The minimum absolute atomic E-state index is 0.0287. The number of carbonyl (C=O) groups excluding carboxylic acids is 2. The van der Waals surface area contributed by atoms with Crippen molar-refractivity contribution in [2.75, 3.05) is 6.54 Å². The summed E-state index contributed by atoms with van der Waals surface area (Å²) in [6.45, 7) is 7.36. The van der Waals surface area contributed by atoms with E-state index in [2.05, 4.69) is 11.7 Å². The smallest absolute Gasteiger partial charge is 0.295 e. The van der Waals surface area contributed by atoms with Crippen molar-refractivity contribution in [2.45, 2.75) is 26.4 Å². The van der Waals surface area contributed by atoms with E-state index in [9.17, 15) is 9.59 Å². The van der Waals surface area contributed by atoms with Crippen molar-refractivity contribution < 1.29 is 14.8 Å². The Morgan fingerprint density at radius 2 is 2.21 bits per heavy atom. The van der Waals surface area contributed by atoms with Crippen LogP contribution in [0.2, 0.25) is 0 Å². The summed E-state index contributed by atoms with van der Waals surface area (Å²) in [6, 6.07) is 3.49. The van der Waals surface area contributed by atoms with E-state index in [-0.39, 0.29) is 11.6 Å². The molecule has 0 fully saturated rings. The molecule has 24 heavy (non-hydrogen) atoms. The predicted octanol–water partition coefficient (Wildman–Crippen LogP) is 2.06. The van der Waals surface area contributed by atoms with E-state index in [1.165, 1.54) is 11.3 Å². The van der Waals surface area contributed by atoms with E-state index in [4.69, 9.17) is 5.21 Å². The molecule has 1 aliphatic heterocycles. The van der Waals surface area contributed by atoms with Crippen molar-refractivity contribution >= 4 is 29.2 Å². The molecule has 0 unspecified atom stereocenters. The lowest BCUT2D eigenvalue weighted by molar-refractivity contribution is 0.0699. The molecule has 8 heteroatoms. The van der Waals surface area contributed by atoms with E-state index < -0.39 is 5.91 Å². The molecule has 3 heterocycles. The van der Waals surface area contributed by atoms with Crippen LogP contribution < -0.4 is 5.48 Å². The monoisotopic (exact) mass is 346 g/mol. The summed E-state index contributed by atoms with van der Waals surface area (Å²) < 4.78 is 1.71. The summed E-state index contributed by atoms with van der Waals surface area (Å²) in [5, 5.41) is 12.9. The number of nitrogens with zero attached hydrogens (tertiary/aromatic N) is 3. The molecule has 0 spiro atoms. The van der Waals surface area contributed by atoms with Gasteiger partial charge in [0, 0.05) is 18.0 Å². The highest BCUT2D eigenvalue weighted by atomic mass is 32.1. The minimum Gasteiger partial charge on any atom is -0.332 e. The van der Waals surface area contributed by atoms with E-state index in [1.54, 1.807) is 27.2 Å². The van der Waals surface area contributed by atoms with Crippen LogP contribution >= 0.6 is 11.3 Å². The lowest BCUT2D eigenvalue weighted by Gasteiger charge is -2.19. The van der Waals surface area contributed by atoms with Gasteiger partial charge in [-0.1, -0.05) is 12.7 Å². The molecular weight excluding hydrogens is 328 g/mol. The largest absolute Gasteiger partial charge is 0.332 e. The van der Waals surface area contributed by atoms with Crippen LogP contribution in [0.5, 0.6) is 0 Å². The maximum absolute atomic E-state index is 12.8. The van der Waals surface area contributed by atoms with Crippen LogP contribution in [0.1, 0.15) is 42.7 Å². The Hall–Kier alpha value is -2.45. The van der Waals surface area contributed by atoms with Crippen molar-refractivity contribution in [1.29, 1.82) is 0 Å². The first-order valence-electron chi connectivity index (χ1n) is 7.56. The van der Waals surface area contributed by atoms with Gasteiger partial charge in [-0.2, -0.15) is 5.10 Å². The molecule has 0 atom stereocenters. The number of aromatic nitrogens is 2. The maximum atomic E-state index is 12.8. The molecule has 0 saturated carbocycles. The van der Waals surface area contributed by atoms with Gasteiger partial charge < -0.3 is 4.90 Å². The molecule has 0 bridgehead atoms. The second-order valence-corrected chi connectivity index (χ2v) is 6.71. The summed E-state index contributed by atoms with van der Waals surface area (Å²) in [6.07, 6.45) is 2.51. The van der Waals surface area contributed by atoms with E-state index >= 15 is 0 Å². The van der Waals surface area contributed by atoms with Gasteiger partial charge in [-0.15, -0.1) is 11.3 Å². The van der Waals surface area contributed by atoms with Crippen molar-refractivity contribution in [3.63, 3.8) is 0 Å². The highest BCUT2D eigenvalue weighted by molar-refractivity contribution is 7.15. The minimum atomic E-state index is -0.655. The molecule has 0 aliphatic carbocycles. The Labute approximate surface area is 143 Å². The molecule has 2 aromatic rings. The first-order valence-corrected chi connectivity index (χ1v) is 8.38. The fraction of sp³-hybridized carbons (Fsp3) is 0.312. The Balaban J connectivity index is 1.84.